The molecule has 2 aromatic heterocycles. The van der Waals surface area contributed by atoms with Crippen LogP contribution in [0.4, 0.5) is 0 Å². The van der Waals surface area contributed by atoms with Crippen molar-refractivity contribution in [3.8, 4) is 11.1 Å². The normalized spacial score (nSPS) is 9.70. The average Bonchev–Trinajstić information content (AvgIpc) is 2.99. The second kappa shape index (κ2) is 7.46. The molecule has 20 heavy (non-hydrogen) atoms. The van der Waals surface area contributed by atoms with Crippen LogP contribution in [0.25, 0.3) is 11.1 Å². The second-order valence-corrected chi connectivity index (χ2v) is 4.50. The maximum Gasteiger partial charge on any atom is 0.129 e. The fourth-order valence-electron chi connectivity index (χ4n) is 1.62. The summed E-state index contributed by atoms with van der Waals surface area (Å²) in [6, 6.07) is 15.7. The third-order valence-corrected chi connectivity index (χ3v) is 2.91. The number of aromatic nitrogens is 3. The van der Waals surface area contributed by atoms with E-state index in [2.05, 4.69) is 17.0 Å². The van der Waals surface area contributed by atoms with Gasteiger partial charge in [-0.15, -0.1) is 0 Å². The van der Waals surface area contributed by atoms with Crippen LogP contribution in [0.5, 0.6) is 0 Å². The summed E-state index contributed by atoms with van der Waals surface area (Å²) < 4.78 is 1.88. The Morgan fingerprint density at radius 2 is 1.60 bits per heavy atom. The lowest BCUT2D eigenvalue weighted by Crippen LogP contribution is -1.91. The highest BCUT2D eigenvalue weighted by atomic mass is 35.5. The van der Waals surface area contributed by atoms with Crippen LogP contribution in [0.1, 0.15) is 6.92 Å². The Labute approximate surface area is 123 Å². The van der Waals surface area contributed by atoms with Crippen molar-refractivity contribution in [2.45, 2.75) is 13.5 Å². The molecule has 0 aliphatic carbocycles. The van der Waals surface area contributed by atoms with E-state index in [-0.39, 0.29) is 0 Å². The number of pyridine rings is 1. The zero-order valence-electron chi connectivity index (χ0n) is 11.3. The molecular weight excluding hydrogens is 270 g/mol. The molecule has 0 unspecified atom stereocenters. The molecule has 0 radical (unpaired) electrons. The van der Waals surface area contributed by atoms with Crippen molar-refractivity contribution in [3.05, 3.63) is 72.3 Å². The van der Waals surface area contributed by atoms with E-state index in [0.717, 1.165) is 17.7 Å². The van der Waals surface area contributed by atoms with Gasteiger partial charge < -0.3 is 0 Å². The van der Waals surface area contributed by atoms with E-state index in [0.29, 0.717) is 5.15 Å². The summed E-state index contributed by atoms with van der Waals surface area (Å²) in [6.45, 7) is 2.93. The zero-order valence-corrected chi connectivity index (χ0v) is 12.0. The van der Waals surface area contributed by atoms with Crippen LogP contribution in [0.3, 0.4) is 0 Å². The summed E-state index contributed by atoms with van der Waals surface area (Å²) in [6.07, 6.45) is 5.57. The molecule has 102 valence electrons. The maximum absolute atomic E-state index is 5.70. The smallest absolute Gasteiger partial charge is 0.129 e. The van der Waals surface area contributed by atoms with Crippen molar-refractivity contribution in [2.24, 2.45) is 0 Å². The van der Waals surface area contributed by atoms with Crippen LogP contribution in [0.2, 0.25) is 5.15 Å². The van der Waals surface area contributed by atoms with Gasteiger partial charge in [0, 0.05) is 30.1 Å². The van der Waals surface area contributed by atoms with E-state index in [1.54, 1.807) is 12.3 Å². The zero-order chi connectivity index (χ0) is 14.2. The first-order valence-electron chi connectivity index (χ1n) is 6.44. The minimum Gasteiger partial charge on any atom is -0.272 e. The van der Waals surface area contributed by atoms with Crippen molar-refractivity contribution in [1.82, 2.24) is 14.8 Å². The summed E-state index contributed by atoms with van der Waals surface area (Å²) in [4.78, 5) is 4.02. The molecular formula is C16H16ClN3. The number of hydrogen-bond acceptors (Lipinski definition) is 2. The standard InChI is InChI=1S/C10H10ClN3.C6H6/c1-2-14-7-9(6-13-14)8-3-4-10(11)12-5-8;1-2-4-6-5-3-1/h3-7H,2H2,1H3;1-6H. The molecule has 2 heterocycles. The molecule has 3 rings (SSSR count). The van der Waals surface area contributed by atoms with Gasteiger partial charge in [-0.2, -0.15) is 5.10 Å². The van der Waals surface area contributed by atoms with Gasteiger partial charge in [0.15, 0.2) is 0 Å². The first-order chi connectivity index (χ1) is 9.79. The lowest BCUT2D eigenvalue weighted by Gasteiger charge is -1.95. The number of rotatable bonds is 2. The fourth-order valence-corrected chi connectivity index (χ4v) is 1.73. The molecule has 3 aromatic rings. The first-order valence-corrected chi connectivity index (χ1v) is 6.82. The highest BCUT2D eigenvalue weighted by Crippen LogP contribution is 2.18. The molecule has 0 bridgehead atoms. The highest BCUT2D eigenvalue weighted by molar-refractivity contribution is 6.29. The lowest BCUT2D eigenvalue weighted by molar-refractivity contribution is 0.660. The summed E-state index contributed by atoms with van der Waals surface area (Å²) in [5.74, 6) is 0. The molecule has 0 spiro atoms. The molecule has 0 atom stereocenters. The van der Waals surface area contributed by atoms with Crippen LogP contribution in [-0.4, -0.2) is 14.8 Å². The third kappa shape index (κ3) is 4.21. The predicted octanol–water partition coefficient (Wildman–Crippen LogP) is 4.31. The number of aryl methyl sites for hydroxylation is 1. The van der Waals surface area contributed by atoms with Gasteiger partial charge in [0.25, 0.3) is 0 Å². The van der Waals surface area contributed by atoms with Crippen LogP contribution < -0.4 is 0 Å². The van der Waals surface area contributed by atoms with E-state index in [1.807, 2.05) is 59.5 Å². The number of halogens is 1. The predicted molar refractivity (Wildman–Crippen MR) is 82.6 cm³/mol. The van der Waals surface area contributed by atoms with E-state index in [4.69, 9.17) is 11.6 Å². The first kappa shape index (κ1) is 14.3. The fraction of sp³-hybridized carbons (Fsp3) is 0.125. The Morgan fingerprint density at radius 3 is 2.05 bits per heavy atom. The van der Waals surface area contributed by atoms with Crippen molar-refractivity contribution < 1.29 is 0 Å². The van der Waals surface area contributed by atoms with Gasteiger partial charge in [-0.1, -0.05) is 48.0 Å². The third-order valence-electron chi connectivity index (χ3n) is 2.68. The number of nitrogens with zero attached hydrogens (tertiary/aromatic N) is 3. The molecule has 0 N–H and O–H groups in total. The van der Waals surface area contributed by atoms with Crippen LogP contribution in [0, 0.1) is 0 Å². The molecule has 0 amide bonds. The largest absolute Gasteiger partial charge is 0.272 e. The lowest BCUT2D eigenvalue weighted by atomic mass is 10.2. The Balaban J connectivity index is 0.000000205. The SMILES string of the molecule is CCn1cc(-c2ccc(Cl)nc2)cn1.c1ccccc1. The van der Waals surface area contributed by atoms with Crippen molar-refractivity contribution in [2.75, 3.05) is 0 Å². The van der Waals surface area contributed by atoms with E-state index >= 15 is 0 Å². The molecule has 0 aliphatic rings. The van der Waals surface area contributed by atoms with Gasteiger partial charge in [-0.25, -0.2) is 4.98 Å². The van der Waals surface area contributed by atoms with Gasteiger partial charge in [-0.3, -0.25) is 4.68 Å². The summed E-state index contributed by atoms with van der Waals surface area (Å²) in [7, 11) is 0. The van der Waals surface area contributed by atoms with Crippen LogP contribution >= 0.6 is 11.6 Å². The molecule has 0 saturated heterocycles. The summed E-state index contributed by atoms with van der Waals surface area (Å²) in [5.41, 5.74) is 2.10. The monoisotopic (exact) mass is 285 g/mol. The average molecular weight is 286 g/mol. The Morgan fingerprint density at radius 1 is 0.950 bits per heavy atom. The number of benzene rings is 1. The van der Waals surface area contributed by atoms with Crippen molar-refractivity contribution in [1.29, 1.82) is 0 Å². The number of hydrogen-bond donors (Lipinski definition) is 0. The molecule has 3 nitrogen and oxygen atoms in total. The van der Waals surface area contributed by atoms with Gasteiger partial charge in [0.1, 0.15) is 5.15 Å². The molecule has 1 aromatic carbocycles. The highest BCUT2D eigenvalue weighted by Gasteiger charge is 2.00. The van der Waals surface area contributed by atoms with E-state index in [9.17, 15) is 0 Å². The quantitative estimate of drug-likeness (QED) is 0.657. The van der Waals surface area contributed by atoms with E-state index in [1.165, 1.54) is 0 Å². The van der Waals surface area contributed by atoms with Crippen molar-refractivity contribution >= 4 is 11.6 Å². The minimum atomic E-state index is 0.511. The van der Waals surface area contributed by atoms with Gasteiger partial charge in [0.2, 0.25) is 0 Å². The Bertz CT molecular complexity index is 591. The van der Waals surface area contributed by atoms with Crippen molar-refractivity contribution in [3.63, 3.8) is 0 Å². The molecule has 0 aliphatic heterocycles. The minimum absolute atomic E-state index is 0.511. The van der Waals surface area contributed by atoms with Crippen LogP contribution in [0.15, 0.2) is 67.1 Å². The molecule has 0 saturated carbocycles. The Kier molecular flexibility index (Phi) is 5.33. The van der Waals surface area contributed by atoms with E-state index < -0.39 is 0 Å². The Hall–Kier alpha value is -2.13. The summed E-state index contributed by atoms with van der Waals surface area (Å²) >= 11 is 5.70. The maximum atomic E-state index is 5.70. The van der Waals surface area contributed by atoms with Gasteiger partial charge >= 0.3 is 0 Å². The summed E-state index contributed by atoms with van der Waals surface area (Å²) in [5, 5.41) is 4.70. The molecule has 0 fully saturated rings. The second-order valence-electron chi connectivity index (χ2n) is 4.11. The molecule has 4 heteroatoms. The van der Waals surface area contributed by atoms with Gasteiger partial charge in [-0.05, 0) is 19.1 Å². The topological polar surface area (TPSA) is 30.7 Å². The van der Waals surface area contributed by atoms with Gasteiger partial charge in [0.05, 0.1) is 6.20 Å². The van der Waals surface area contributed by atoms with Crippen LogP contribution in [-0.2, 0) is 6.54 Å².